The van der Waals surface area contributed by atoms with Crippen molar-refractivity contribution >= 4 is 11.8 Å². The molecular weight excluding hydrogens is 337 g/mol. The summed E-state index contributed by atoms with van der Waals surface area (Å²) in [5, 5.41) is 1.89. The molecule has 2 aromatic rings. The van der Waals surface area contributed by atoms with Gasteiger partial charge in [0.2, 0.25) is 0 Å². The van der Waals surface area contributed by atoms with E-state index in [0.717, 1.165) is 18.6 Å². The number of carbonyl (C=O) groups is 1. The van der Waals surface area contributed by atoms with Gasteiger partial charge in [-0.1, -0.05) is 5.92 Å². The summed E-state index contributed by atoms with van der Waals surface area (Å²) in [6, 6.07) is 2.64. The summed E-state index contributed by atoms with van der Waals surface area (Å²) in [5.41, 5.74) is -5.45. The van der Waals surface area contributed by atoms with Crippen LogP contribution in [0.5, 0.6) is 0 Å². The maximum Gasteiger partial charge on any atom is 0.445 e. The van der Waals surface area contributed by atoms with Crippen molar-refractivity contribution in [3.8, 4) is 11.8 Å². The highest BCUT2D eigenvalue weighted by molar-refractivity contribution is 5.89. The van der Waals surface area contributed by atoms with Gasteiger partial charge in [0.25, 0.3) is 5.60 Å². The first-order chi connectivity index (χ1) is 11.2. The summed E-state index contributed by atoms with van der Waals surface area (Å²) < 4.78 is 77.6. The van der Waals surface area contributed by atoms with E-state index in [0.29, 0.717) is 6.07 Å². The number of amides is 1. The molecule has 1 aromatic carbocycles. The van der Waals surface area contributed by atoms with Gasteiger partial charge in [-0.2, -0.15) is 13.2 Å². The van der Waals surface area contributed by atoms with Crippen LogP contribution in [-0.4, -0.2) is 12.3 Å². The van der Waals surface area contributed by atoms with Gasteiger partial charge in [0.1, 0.15) is 6.26 Å². The fourth-order valence-electron chi connectivity index (χ4n) is 2.18. The lowest BCUT2D eigenvalue weighted by atomic mass is 9.89. The summed E-state index contributed by atoms with van der Waals surface area (Å²) in [6.07, 6.45) is -4.62. The zero-order valence-electron chi connectivity index (χ0n) is 11.5. The number of ether oxygens (including phenoxy) is 1. The van der Waals surface area contributed by atoms with E-state index >= 15 is 0 Å². The zero-order valence-corrected chi connectivity index (χ0v) is 11.5. The Balaban J connectivity index is 2.31. The van der Waals surface area contributed by atoms with Crippen molar-refractivity contribution < 1.29 is 35.9 Å². The monoisotopic (exact) mass is 343 g/mol. The van der Waals surface area contributed by atoms with Crippen molar-refractivity contribution in [1.82, 2.24) is 0 Å². The van der Waals surface area contributed by atoms with Gasteiger partial charge in [-0.25, -0.2) is 13.6 Å². The minimum atomic E-state index is -5.33. The Kier molecular flexibility index (Phi) is 3.48. The summed E-state index contributed by atoms with van der Waals surface area (Å²) >= 11 is 0. The van der Waals surface area contributed by atoms with Crippen LogP contribution in [0.1, 0.15) is 11.1 Å². The highest BCUT2D eigenvalue weighted by Gasteiger charge is 2.63. The molecule has 4 nitrogen and oxygen atoms in total. The first kappa shape index (κ1) is 15.9. The lowest BCUT2D eigenvalue weighted by Crippen LogP contribution is -2.50. The second kappa shape index (κ2) is 5.26. The molecular formula is C15H6F5NO3. The first-order valence-corrected chi connectivity index (χ1v) is 6.35. The van der Waals surface area contributed by atoms with Gasteiger partial charge >= 0.3 is 12.3 Å². The quantitative estimate of drug-likeness (QED) is 0.582. The number of alkyl halides is 3. The molecule has 0 saturated carbocycles. The van der Waals surface area contributed by atoms with Crippen molar-refractivity contribution in [1.29, 1.82) is 0 Å². The fraction of sp³-hybridized carbons (Fsp3) is 0.133. The third-order valence-electron chi connectivity index (χ3n) is 3.23. The number of furan rings is 1. The minimum absolute atomic E-state index is 0.0339. The third kappa shape index (κ3) is 2.36. The van der Waals surface area contributed by atoms with Gasteiger partial charge in [0.05, 0.1) is 23.1 Å². The lowest BCUT2D eigenvalue weighted by Gasteiger charge is -2.35. The number of benzene rings is 1. The molecule has 0 aliphatic carbocycles. The largest absolute Gasteiger partial charge is 0.471 e. The maximum atomic E-state index is 14.1. The Hall–Kier alpha value is -3.02. The van der Waals surface area contributed by atoms with Gasteiger partial charge in [-0.05, 0) is 24.1 Å². The molecule has 9 heteroatoms. The summed E-state index contributed by atoms with van der Waals surface area (Å²) in [5.74, 6) is 0.451. The molecule has 0 spiro atoms. The van der Waals surface area contributed by atoms with E-state index in [9.17, 15) is 26.7 Å². The summed E-state index contributed by atoms with van der Waals surface area (Å²) in [4.78, 5) is 11.5. The Morgan fingerprint density at radius 2 is 1.92 bits per heavy atom. The van der Waals surface area contributed by atoms with Gasteiger partial charge < -0.3 is 9.15 Å². The normalized spacial score (nSPS) is 19.6. The highest BCUT2D eigenvalue weighted by Crippen LogP contribution is 2.48. The average molecular weight is 343 g/mol. The Morgan fingerprint density at radius 3 is 2.54 bits per heavy atom. The van der Waals surface area contributed by atoms with E-state index in [4.69, 9.17) is 0 Å². The van der Waals surface area contributed by atoms with Crippen LogP contribution >= 0.6 is 0 Å². The van der Waals surface area contributed by atoms with E-state index < -0.39 is 40.8 Å². The number of rotatable bonds is 0. The molecule has 1 aliphatic heterocycles. The van der Waals surface area contributed by atoms with Crippen molar-refractivity contribution in [2.24, 2.45) is 0 Å². The molecule has 2 heterocycles. The molecule has 24 heavy (non-hydrogen) atoms. The number of hydrogen-bond donors (Lipinski definition) is 1. The SMILES string of the molecule is O=C1Nc2ccc(F)c(F)c2[C@@](C#Cc2ccoc2)(C(F)(F)F)O1. The van der Waals surface area contributed by atoms with Crippen LogP contribution in [0.15, 0.2) is 35.1 Å². The lowest BCUT2D eigenvalue weighted by molar-refractivity contribution is -0.240. The molecule has 0 unspecified atom stereocenters. The summed E-state index contributed by atoms with van der Waals surface area (Å²) in [7, 11) is 0. The van der Waals surface area contributed by atoms with Gasteiger partial charge in [0, 0.05) is 0 Å². The maximum absolute atomic E-state index is 14.1. The molecule has 3 rings (SSSR count). The minimum Gasteiger partial charge on any atom is -0.471 e. The molecule has 1 aliphatic rings. The molecule has 0 saturated heterocycles. The molecule has 1 aromatic heterocycles. The predicted octanol–water partition coefficient (Wildman–Crippen LogP) is 3.93. The second-order valence-corrected chi connectivity index (χ2v) is 4.74. The van der Waals surface area contributed by atoms with Crippen LogP contribution in [0.4, 0.5) is 32.4 Å². The van der Waals surface area contributed by atoms with E-state index in [2.05, 4.69) is 15.1 Å². The number of carbonyl (C=O) groups excluding carboxylic acids is 1. The molecule has 1 amide bonds. The molecule has 0 bridgehead atoms. The molecule has 1 atom stereocenters. The molecule has 0 radical (unpaired) electrons. The smallest absolute Gasteiger partial charge is 0.445 e. The van der Waals surface area contributed by atoms with E-state index in [1.807, 2.05) is 5.32 Å². The van der Waals surface area contributed by atoms with Crippen LogP contribution in [0.2, 0.25) is 0 Å². The van der Waals surface area contributed by atoms with E-state index in [-0.39, 0.29) is 5.56 Å². The first-order valence-electron chi connectivity index (χ1n) is 6.35. The van der Waals surface area contributed by atoms with E-state index in [1.165, 1.54) is 6.07 Å². The standard InChI is InChI=1S/C15H6F5NO3/c16-9-1-2-10-11(12(9)17)14(15(18,19)20,24-13(22)21-10)5-3-8-4-6-23-7-8/h1-2,4,6-7H,(H,21,22)/t14-/m0/s1. The Labute approximate surface area is 131 Å². The van der Waals surface area contributed by atoms with Gasteiger partial charge in [-0.15, -0.1) is 0 Å². The van der Waals surface area contributed by atoms with Crippen LogP contribution in [0, 0.1) is 23.5 Å². The number of hydrogen-bond acceptors (Lipinski definition) is 3. The van der Waals surface area contributed by atoms with Crippen LogP contribution in [0.25, 0.3) is 0 Å². The molecule has 124 valence electrons. The molecule has 0 fully saturated rings. The van der Waals surface area contributed by atoms with Crippen LogP contribution in [0.3, 0.4) is 0 Å². The summed E-state index contributed by atoms with van der Waals surface area (Å²) in [6.45, 7) is 0. The van der Waals surface area contributed by atoms with Crippen LogP contribution in [-0.2, 0) is 10.3 Å². The Bertz CT molecular complexity index is 864. The number of cyclic esters (lactones) is 1. The second-order valence-electron chi connectivity index (χ2n) is 4.74. The third-order valence-corrected chi connectivity index (χ3v) is 3.23. The topological polar surface area (TPSA) is 51.5 Å². The van der Waals surface area contributed by atoms with E-state index in [1.54, 1.807) is 5.92 Å². The number of nitrogens with one attached hydrogen (secondary N) is 1. The Morgan fingerprint density at radius 1 is 1.17 bits per heavy atom. The van der Waals surface area contributed by atoms with Gasteiger partial charge in [0.15, 0.2) is 11.6 Å². The number of anilines is 1. The van der Waals surface area contributed by atoms with Crippen LogP contribution < -0.4 is 5.32 Å². The molecule has 1 N–H and O–H groups in total. The van der Waals surface area contributed by atoms with Crippen molar-refractivity contribution in [3.05, 3.63) is 53.5 Å². The van der Waals surface area contributed by atoms with Crippen molar-refractivity contribution in [2.75, 3.05) is 5.32 Å². The average Bonchev–Trinajstić information content (AvgIpc) is 3.00. The zero-order chi connectivity index (χ0) is 17.5. The number of halogens is 5. The fourth-order valence-corrected chi connectivity index (χ4v) is 2.18. The predicted molar refractivity (Wildman–Crippen MR) is 69.8 cm³/mol. The van der Waals surface area contributed by atoms with Crippen molar-refractivity contribution in [3.63, 3.8) is 0 Å². The number of fused-ring (bicyclic) bond motifs is 1. The van der Waals surface area contributed by atoms with Crippen molar-refractivity contribution in [2.45, 2.75) is 11.8 Å². The van der Waals surface area contributed by atoms with Gasteiger partial charge in [-0.3, -0.25) is 5.32 Å². The highest BCUT2D eigenvalue weighted by atomic mass is 19.4.